The zero-order chi connectivity index (χ0) is 19.5. The van der Waals surface area contributed by atoms with Gasteiger partial charge in [-0.3, -0.25) is 9.59 Å². The standard InChI is InChI=1S/C15H26N6O4S/c16-4-2-1-3-11(15(24)25)20-14(23)12(7-26)21-13(22)10(17)5-9-6-18-8-19-9/h6,8,10-12,26H,1-5,7,16-17H2,(H,18,19)(H,20,23)(H,21,22)(H,24,25)/t10-,11-,12-/m0/s1. The predicted octanol–water partition coefficient (Wildman–Crippen LogP) is -1.61. The second-order valence-corrected chi connectivity index (χ2v) is 6.18. The number of unbranched alkanes of at least 4 members (excludes halogenated alkanes) is 1. The van der Waals surface area contributed by atoms with Gasteiger partial charge in [0.25, 0.3) is 0 Å². The van der Waals surface area contributed by atoms with Gasteiger partial charge in [0.15, 0.2) is 0 Å². The van der Waals surface area contributed by atoms with Gasteiger partial charge < -0.3 is 32.2 Å². The molecule has 2 amide bonds. The summed E-state index contributed by atoms with van der Waals surface area (Å²) in [6.45, 7) is 0.448. The Morgan fingerprint density at radius 2 is 1.92 bits per heavy atom. The molecule has 146 valence electrons. The third-order valence-corrected chi connectivity index (χ3v) is 4.07. The van der Waals surface area contributed by atoms with Crippen molar-refractivity contribution in [2.75, 3.05) is 12.3 Å². The van der Waals surface area contributed by atoms with Gasteiger partial charge in [-0.25, -0.2) is 9.78 Å². The fraction of sp³-hybridized carbons (Fsp3) is 0.600. The Morgan fingerprint density at radius 3 is 2.46 bits per heavy atom. The van der Waals surface area contributed by atoms with E-state index in [4.69, 9.17) is 11.5 Å². The van der Waals surface area contributed by atoms with Crippen molar-refractivity contribution in [3.05, 3.63) is 18.2 Å². The fourth-order valence-electron chi connectivity index (χ4n) is 2.22. The summed E-state index contributed by atoms with van der Waals surface area (Å²) in [4.78, 5) is 42.4. The van der Waals surface area contributed by atoms with Gasteiger partial charge in [0.1, 0.15) is 12.1 Å². The van der Waals surface area contributed by atoms with E-state index in [0.717, 1.165) is 0 Å². The number of rotatable bonds is 12. The summed E-state index contributed by atoms with van der Waals surface area (Å²) in [5.41, 5.74) is 11.9. The van der Waals surface area contributed by atoms with Gasteiger partial charge in [-0.05, 0) is 25.8 Å². The molecule has 3 atom stereocenters. The van der Waals surface area contributed by atoms with Gasteiger partial charge in [0, 0.05) is 24.1 Å². The van der Waals surface area contributed by atoms with Crippen LogP contribution in [0.25, 0.3) is 0 Å². The molecule has 0 fully saturated rings. The second-order valence-electron chi connectivity index (χ2n) is 5.82. The first kappa shape index (κ1) is 21.9. The summed E-state index contributed by atoms with van der Waals surface area (Å²) < 4.78 is 0. The molecule has 1 heterocycles. The first-order valence-electron chi connectivity index (χ1n) is 8.26. The van der Waals surface area contributed by atoms with Crippen LogP contribution in [0.1, 0.15) is 25.0 Å². The van der Waals surface area contributed by atoms with Gasteiger partial charge in [-0.1, -0.05) is 0 Å². The number of H-pyrrole nitrogens is 1. The number of nitrogens with zero attached hydrogens (tertiary/aromatic N) is 1. The summed E-state index contributed by atoms with van der Waals surface area (Å²) in [5, 5.41) is 14.1. The topological polar surface area (TPSA) is 176 Å². The lowest BCUT2D eigenvalue weighted by atomic mass is 10.1. The lowest BCUT2D eigenvalue weighted by Crippen LogP contribution is -2.55. The Labute approximate surface area is 156 Å². The van der Waals surface area contributed by atoms with E-state index in [2.05, 4.69) is 33.2 Å². The lowest BCUT2D eigenvalue weighted by molar-refractivity contribution is -0.142. The van der Waals surface area contributed by atoms with Crippen molar-refractivity contribution in [2.24, 2.45) is 11.5 Å². The van der Waals surface area contributed by atoms with Crippen molar-refractivity contribution in [2.45, 2.75) is 43.8 Å². The lowest BCUT2D eigenvalue weighted by Gasteiger charge is -2.21. The molecule has 0 aliphatic rings. The average Bonchev–Trinajstić information content (AvgIpc) is 3.11. The number of aromatic amines is 1. The summed E-state index contributed by atoms with van der Waals surface area (Å²) in [7, 11) is 0. The number of imidazole rings is 1. The van der Waals surface area contributed by atoms with E-state index in [1.165, 1.54) is 6.33 Å². The van der Waals surface area contributed by atoms with Crippen LogP contribution in [0.4, 0.5) is 0 Å². The molecule has 0 spiro atoms. The van der Waals surface area contributed by atoms with Crippen LogP contribution in [-0.4, -0.2) is 63.3 Å². The molecule has 0 bridgehead atoms. The number of hydrogen-bond donors (Lipinski definition) is 7. The Kier molecular flexibility index (Phi) is 9.70. The average molecular weight is 386 g/mol. The summed E-state index contributed by atoms with van der Waals surface area (Å²) in [6, 6.07) is -2.92. The van der Waals surface area contributed by atoms with Gasteiger partial charge in [-0.15, -0.1) is 0 Å². The summed E-state index contributed by atoms with van der Waals surface area (Å²) in [5.74, 6) is -2.30. The number of thiol groups is 1. The highest BCUT2D eigenvalue weighted by molar-refractivity contribution is 7.80. The zero-order valence-electron chi connectivity index (χ0n) is 14.4. The van der Waals surface area contributed by atoms with E-state index in [1.54, 1.807) is 6.20 Å². The molecular weight excluding hydrogens is 360 g/mol. The third-order valence-electron chi connectivity index (χ3n) is 3.71. The molecule has 11 heteroatoms. The normalized spacial score (nSPS) is 14.3. The number of aliphatic carboxylic acids is 1. The minimum absolute atomic E-state index is 0.00346. The van der Waals surface area contributed by atoms with Gasteiger partial charge in [0.05, 0.1) is 12.4 Å². The highest BCUT2D eigenvalue weighted by atomic mass is 32.1. The molecule has 1 rings (SSSR count). The van der Waals surface area contributed by atoms with Crippen LogP contribution in [0.15, 0.2) is 12.5 Å². The van der Waals surface area contributed by atoms with E-state index < -0.39 is 35.9 Å². The highest BCUT2D eigenvalue weighted by Crippen LogP contribution is 2.03. The Bertz CT molecular complexity index is 583. The van der Waals surface area contributed by atoms with Crippen LogP contribution >= 0.6 is 12.6 Å². The van der Waals surface area contributed by atoms with Crippen molar-refractivity contribution in [3.8, 4) is 0 Å². The van der Waals surface area contributed by atoms with Crippen molar-refractivity contribution in [1.82, 2.24) is 20.6 Å². The molecule has 10 nitrogen and oxygen atoms in total. The molecule has 0 unspecified atom stereocenters. The molecule has 26 heavy (non-hydrogen) atoms. The van der Waals surface area contributed by atoms with Crippen molar-refractivity contribution >= 4 is 30.4 Å². The van der Waals surface area contributed by atoms with Crippen molar-refractivity contribution < 1.29 is 19.5 Å². The van der Waals surface area contributed by atoms with Crippen LogP contribution in [0.2, 0.25) is 0 Å². The smallest absolute Gasteiger partial charge is 0.326 e. The maximum Gasteiger partial charge on any atom is 0.326 e. The first-order valence-corrected chi connectivity index (χ1v) is 8.89. The number of amides is 2. The van der Waals surface area contributed by atoms with E-state index in [-0.39, 0.29) is 18.6 Å². The molecule has 0 saturated carbocycles. The predicted molar refractivity (Wildman–Crippen MR) is 98.5 cm³/mol. The van der Waals surface area contributed by atoms with Crippen LogP contribution < -0.4 is 22.1 Å². The molecule has 1 aromatic heterocycles. The molecule has 0 saturated heterocycles. The number of nitrogens with two attached hydrogens (primary N) is 2. The molecule has 0 aliphatic carbocycles. The van der Waals surface area contributed by atoms with E-state index in [0.29, 0.717) is 25.1 Å². The molecule has 0 radical (unpaired) electrons. The zero-order valence-corrected chi connectivity index (χ0v) is 15.2. The molecule has 8 N–H and O–H groups in total. The van der Waals surface area contributed by atoms with Gasteiger partial charge >= 0.3 is 5.97 Å². The molecular formula is C15H26N6O4S. The number of carbonyl (C=O) groups is 3. The van der Waals surface area contributed by atoms with E-state index >= 15 is 0 Å². The largest absolute Gasteiger partial charge is 0.480 e. The number of carboxylic acids is 1. The number of hydrogen-bond acceptors (Lipinski definition) is 7. The number of carboxylic acid groups (broad SMARTS) is 1. The number of aromatic nitrogens is 2. The minimum atomic E-state index is -1.14. The third kappa shape index (κ3) is 7.42. The molecule has 0 aliphatic heterocycles. The van der Waals surface area contributed by atoms with Crippen LogP contribution in [0.3, 0.4) is 0 Å². The maximum absolute atomic E-state index is 12.3. The summed E-state index contributed by atoms with van der Waals surface area (Å²) >= 11 is 4.05. The van der Waals surface area contributed by atoms with Crippen LogP contribution in [0.5, 0.6) is 0 Å². The van der Waals surface area contributed by atoms with Gasteiger partial charge in [-0.2, -0.15) is 12.6 Å². The quantitative estimate of drug-likeness (QED) is 0.167. The Morgan fingerprint density at radius 1 is 1.23 bits per heavy atom. The minimum Gasteiger partial charge on any atom is -0.480 e. The fourth-order valence-corrected chi connectivity index (χ4v) is 2.48. The highest BCUT2D eigenvalue weighted by Gasteiger charge is 2.27. The van der Waals surface area contributed by atoms with Crippen LogP contribution in [-0.2, 0) is 20.8 Å². The van der Waals surface area contributed by atoms with Crippen molar-refractivity contribution in [3.63, 3.8) is 0 Å². The second kappa shape index (κ2) is 11.5. The number of nitrogens with one attached hydrogen (secondary N) is 3. The van der Waals surface area contributed by atoms with Gasteiger partial charge in [0.2, 0.25) is 11.8 Å². The maximum atomic E-state index is 12.3. The number of carbonyl (C=O) groups excluding carboxylic acids is 2. The first-order chi connectivity index (χ1) is 12.4. The Balaban J connectivity index is 2.57. The SMILES string of the molecule is NCCCC[C@H](NC(=O)[C@H](CS)NC(=O)[C@@H](N)Cc1cnc[nH]1)C(=O)O. The molecule has 0 aromatic carbocycles. The Hall–Kier alpha value is -2.11. The van der Waals surface area contributed by atoms with Crippen LogP contribution in [0, 0.1) is 0 Å². The monoisotopic (exact) mass is 386 g/mol. The summed E-state index contributed by atoms with van der Waals surface area (Å²) in [6.07, 6.45) is 4.74. The van der Waals surface area contributed by atoms with E-state index in [1.807, 2.05) is 0 Å². The van der Waals surface area contributed by atoms with Crippen molar-refractivity contribution in [1.29, 1.82) is 0 Å². The van der Waals surface area contributed by atoms with E-state index in [9.17, 15) is 19.5 Å². The molecule has 1 aromatic rings.